The molecule has 1 saturated heterocycles. The van der Waals surface area contributed by atoms with Gasteiger partial charge in [0.25, 0.3) is 0 Å². The minimum Gasteiger partial charge on any atom is -0.480 e. The number of carboxylic acids is 1. The molecule has 7 heteroatoms. The molecule has 0 spiro atoms. The number of aryl methyl sites for hydroxylation is 1. The van der Waals surface area contributed by atoms with Crippen LogP contribution in [0.3, 0.4) is 0 Å². The number of fused-ring (bicyclic) bond motifs is 1. The van der Waals surface area contributed by atoms with Gasteiger partial charge in [-0.1, -0.05) is 60.2 Å². The van der Waals surface area contributed by atoms with Gasteiger partial charge in [0, 0.05) is 5.92 Å². The molecule has 0 bridgehead atoms. The molecule has 1 heterocycles. The fourth-order valence-corrected chi connectivity index (χ4v) is 5.19. The van der Waals surface area contributed by atoms with Crippen LogP contribution in [0.15, 0.2) is 71.6 Å². The molecule has 3 atom stereocenters. The highest BCUT2D eigenvalue weighted by molar-refractivity contribution is 7.89. The van der Waals surface area contributed by atoms with Crippen LogP contribution >= 0.6 is 0 Å². The minimum atomic E-state index is -3.96. The van der Waals surface area contributed by atoms with E-state index in [1.54, 1.807) is 12.1 Å². The van der Waals surface area contributed by atoms with Crippen LogP contribution in [0.4, 0.5) is 0 Å². The van der Waals surface area contributed by atoms with E-state index in [9.17, 15) is 18.3 Å². The number of ether oxygens (including phenoxy) is 1. The van der Waals surface area contributed by atoms with Gasteiger partial charge in [0.2, 0.25) is 10.0 Å². The molecule has 0 unspecified atom stereocenters. The monoisotopic (exact) mass is 425 g/mol. The van der Waals surface area contributed by atoms with Crippen molar-refractivity contribution < 1.29 is 23.1 Å². The molecule has 0 radical (unpaired) electrons. The molecule has 30 heavy (non-hydrogen) atoms. The number of sulfonamides is 1. The zero-order chi connectivity index (χ0) is 21.3. The van der Waals surface area contributed by atoms with E-state index in [0.29, 0.717) is 6.42 Å². The summed E-state index contributed by atoms with van der Waals surface area (Å²) in [6.45, 7) is 2.02. The summed E-state index contributed by atoms with van der Waals surface area (Å²) in [6.07, 6.45) is 0.133. The van der Waals surface area contributed by atoms with E-state index in [0.717, 1.165) is 21.9 Å². The van der Waals surface area contributed by atoms with Crippen LogP contribution in [0.5, 0.6) is 0 Å². The smallest absolute Gasteiger partial charge is 0.322 e. The second kappa shape index (κ2) is 8.18. The molecular formula is C23H23NO5S. The molecule has 0 aliphatic carbocycles. The van der Waals surface area contributed by atoms with Gasteiger partial charge in [0.1, 0.15) is 6.04 Å². The number of rotatable bonds is 6. The van der Waals surface area contributed by atoms with Gasteiger partial charge in [-0.15, -0.1) is 0 Å². The van der Waals surface area contributed by atoms with E-state index in [1.807, 2.05) is 49.4 Å². The lowest BCUT2D eigenvalue weighted by molar-refractivity contribution is -0.140. The highest BCUT2D eigenvalue weighted by Gasteiger charge is 2.39. The predicted octanol–water partition coefficient (Wildman–Crippen LogP) is 3.66. The minimum absolute atomic E-state index is 0.0452. The maximum Gasteiger partial charge on any atom is 0.322 e. The lowest BCUT2D eigenvalue weighted by atomic mass is 9.92. The molecule has 3 aromatic rings. The van der Waals surface area contributed by atoms with E-state index in [-0.39, 0.29) is 17.6 Å². The van der Waals surface area contributed by atoms with Gasteiger partial charge in [-0.2, -0.15) is 4.72 Å². The average molecular weight is 426 g/mol. The maximum atomic E-state index is 12.7. The number of nitrogens with one attached hydrogen (secondary N) is 1. The topological polar surface area (TPSA) is 92.7 Å². The molecular weight excluding hydrogens is 402 g/mol. The van der Waals surface area contributed by atoms with Crippen LogP contribution in [-0.4, -0.2) is 32.1 Å². The first-order valence-electron chi connectivity index (χ1n) is 9.76. The third-order valence-corrected chi connectivity index (χ3v) is 7.01. The van der Waals surface area contributed by atoms with Crippen LogP contribution in [0.1, 0.15) is 23.7 Å². The first kappa shape index (κ1) is 20.5. The van der Waals surface area contributed by atoms with Gasteiger partial charge >= 0.3 is 5.97 Å². The Hall–Kier alpha value is -2.74. The standard InChI is InChI=1S/C23H23NO5S/c1-15-9-11-18(12-10-15)30(27,28)24-22(23(25)26)17-13-21(29-14-17)20-8-4-6-16-5-2-3-7-19(16)20/h2-12,17,21-22,24H,13-14H2,1H3,(H,25,26)/t17-,21+,22+/m0/s1. The van der Waals surface area contributed by atoms with E-state index in [2.05, 4.69) is 4.72 Å². The predicted molar refractivity (Wildman–Crippen MR) is 114 cm³/mol. The maximum absolute atomic E-state index is 12.7. The molecule has 156 valence electrons. The average Bonchev–Trinajstić information content (AvgIpc) is 3.21. The first-order chi connectivity index (χ1) is 14.3. The quantitative estimate of drug-likeness (QED) is 0.629. The number of carbonyl (C=O) groups is 1. The summed E-state index contributed by atoms with van der Waals surface area (Å²) in [5.74, 6) is -1.69. The first-order valence-corrected chi connectivity index (χ1v) is 11.2. The summed E-state index contributed by atoms with van der Waals surface area (Å²) >= 11 is 0. The van der Waals surface area contributed by atoms with Crippen LogP contribution in [0, 0.1) is 12.8 Å². The van der Waals surface area contributed by atoms with Crippen molar-refractivity contribution in [2.45, 2.75) is 30.4 Å². The van der Waals surface area contributed by atoms with Gasteiger partial charge in [-0.05, 0) is 41.8 Å². The van der Waals surface area contributed by atoms with Crippen molar-refractivity contribution in [3.05, 3.63) is 77.9 Å². The Morgan fingerprint density at radius 3 is 2.50 bits per heavy atom. The van der Waals surface area contributed by atoms with Crippen LogP contribution < -0.4 is 4.72 Å². The second-order valence-electron chi connectivity index (χ2n) is 7.64. The molecule has 4 rings (SSSR count). The molecule has 1 aliphatic rings. The number of hydrogen-bond donors (Lipinski definition) is 2. The van der Waals surface area contributed by atoms with Crippen LogP contribution in [-0.2, 0) is 19.6 Å². The molecule has 3 aromatic carbocycles. The Morgan fingerprint density at radius 2 is 1.77 bits per heavy atom. The Bertz CT molecular complexity index is 1170. The van der Waals surface area contributed by atoms with Crippen molar-refractivity contribution in [1.82, 2.24) is 4.72 Å². The van der Waals surface area contributed by atoms with Crippen molar-refractivity contribution >= 4 is 26.8 Å². The number of hydrogen-bond acceptors (Lipinski definition) is 4. The van der Waals surface area contributed by atoms with E-state index in [4.69, 9.17) is 4.74 Å². The molecule has 0 saturated carbocycles. The van der Waals surface area contributed by atoms with Crippen molar-refractivity contribution in [2.75, 3.05) is 6.61 Å². The summed E-state index contributed by atoms with van der Waals surface area (Å²) in [5, 5.41) is 11.9. The summed E-state index contributed by atoms with van der Waals surface area (Å²) in [6, 6.07) is 18.9. The van der Waals surface area contributed by atoms with Crippen molar-refractivity contribution in [1.29, 1.82) is 0 Å². The fourth-order valence-electron chi connectivity index (χ4n) is 3.93. The van der Waals surface area contributed by atoms with Crippen molar-refractivity contribution in [2.24, 2.45) is 5.92 Å². The molecule has 2 N–H and O–H groups in total. The van der Waals surface area contributed by atoms with E-state index in [1.165, 1.54) is 12.1 Å². The van der Waals surface area contributed by atoms with Gasteiger partial charge in [-0.25, -0.2) is 8.42 Å². The summed E-state index contributed by atoms with van der Waals surface area (Å²) in [5.41, 5.74) is 1.91. The summed E-state index contributed by atoms with van der Waals surface area (Å²) in [4.78, 5) is 12.0. The van der Waals surface area contributed by atoms with Crippen LogP contribution in [0.25, 0.3) is 10.8 Å². The van der Waals surface area contributed by atoms with Gasteiger partial charge in [0.15, 0.2) is 0 Å². The zero-order valence-corrected chi connectivity index (χ0v) is 17.3. The normalized spacial score (nSPS) is 20.3. The fraction of sp³-hybridized carbons (Fsp3) is 0.261. The molecule has 0 aromatic heterocycles. The third kappa shape index (κ3) is 4.09. The van der Waals surface area contributed by atoms with E-state index < -0.39 is 28.0 Å². The SMILES string of the molecule is Cc1ccc(S(=O)(=O)N[C@@H](C(=O)O)[C@@H]2CO[C@@H](c3cccc4ccccc34)C2)cc1. The Morgan fingerprint density at radius 1 is 1.07 bits per heavy atom. The highest BCUT2D eigenvalue weighted by Crippen LogP contribution is 2.37. The van der Waals surface area contributed by atoms with Crippen molar-refractivity contribution in [3.63, 3.8) is 0 Å². The molecule has 0 amide bonds. The number of carboxylic acid groups (broad SMARTS) is 1. The Balaban J connectivity index is 1.56. The highest BCUT2D eigenvalue weighted by atomic mass is 32.2. The number of benzene rings is 3. The second-order valence-corrected chi connectivity index (χ2v) is 9.35. The number of aliphatic carboxylic acids is 1. The van der Waals surface area contributed by atoms with Gasteiger partial charge in [0.05, 0.1) is 17.6 Å². The molecule has 1 aliphatic heterocycles. The summed E-state index contributed by atoms with van der Waals surface area (Å²) < 4.78 is 33.8. The lowest BCUT2D eigenvalue weighted by Crippen LogP contribution is -2.46. The van der Waals surface area contributed by atoms with Gasteiger partial charge < -0.3 is 9.84 Å². The third-order valence-electron chi connectivity index (χ3n) is 5.55. The summed E-state index contributed by atoms with van der Waals surface area (Å²) in [7, 11) is -3.96. The molecule has 1 fully saturated rings. The largest absolute Gasteiger partial charge is 0.480 e. The van der Waals surface area contributed by atoms with Crippen LogP contribution in [0.2, 0.25) is 0 Å². The van der Waals surface area contributed by atoms with Gasteiger partial charge in [-0.3, -0.25) is 4.79 Å². The lowest BCUT2D eigenvalue weighted by Gasteiger charge is -2.20. The van der Waals surface area contributed by atoms with E-state index >= 15 is 0 Å². The Kier molecular flexibility index (Phi) is 5.60. The zero-order valence-electron chi connectivity index (χ0n) is 16.5. The molecule has 6 nitrogen and oxygen atoms in total. The van der Waals surface area contributed by atoms with Crippen molar-refractivity contribution in [3.8, 4) is 0 Å². The Labute approximate surface area is 175 Å².